The van der Waals surface area contributed by atoms with E-state index in [2.05, 4.69) is 34.1 Å². The average Bonchev–Trinajstić information content (AvgIpc) is 2.43. The van der Waals surface area contributed by atoms with E-state index in [1.165, 1.54) is 0 Å². The molecular formula is C14H21N5. The van der Waals surface area contributed by atoms with Crippen LogP contribution in [0.3, 0.4) is 0 Å². The second-order valence-corrected chi connectivity index (χ2v) is 5.51. The number of fused-ring (bicyclic) bond motifs is 1. The van der Waals surface area contributed by atoms with Crippen molar-refractivity contribution in [1.82, 2.24) is 15.0 Å². The van der Waals surface area contributed by atoms with Gasteiger partial charge in [0.15, 0.2) is 5.65 Å². The number of nitrogens with one attached hydrogen (secondary N) is 1. The molecule has 0 radical (unpaired) electrons. The smallest absolute Gasteiger partial charge is 0.180 e. The normalized spacial score (nSPS) is 11.7. The van der Waals surface area contributed by atoms with Gasteiger partial charge in [-0.1, -0.05) is 13.8 Å². The van der Waals surface area contributed by atoms with Gasteiger partial charge in [-0.3, -0.25) is 4.98 Å². The van der Waals surface area contributed by atoms with Gasteiger partial charge in [0, 0.05) is 18.9 Å². The average molecular weight is 259 g/mol. The summed E-state index contributed by atoms with van der Waals surface area (Å²) in [6.45, 7) is 6.08. The monoisotopic (exact) mass is 259 g/mol. The van der Waals surface area contributed by atoms with Crippen molar-refractivity contribution in [2.75, 3.05) is 18.4 Å². The third kappa shape index (κ3) is 3.86. The summed E-state index contributed by atoms with van der Waals surface area (Å²) in [5.74, 6) is 0.842. The van der Waals surface area contributed by atoms with Gasteiger partial charge in [-0.2, -0.15) is 0 Å². The number of pyridine rings is 1. The van der Waals surface area contributed by atoms with Gasteiger partial charge in [-0.25, -0.2) is 9.97 Å². The number of nitrogens with two attached hydrogens (primary N) is 1. The first kappa shape index (κ1) is 13.7. The van der Waals surface area contributed by atoms with E-state index in [9.17, 15) is 0 Å². The maximum Gasteiger partial charge on any atom is 0.180 e. The van der Waals surface area contributed by atoms with Crippen LogP contribution in [-0.2, 0) is 0 Å². The maximum absolute atomic E-state index is 5.56. The third-order valence-corrected chi connectivity index (χ3v) is 3.14. The van der Waals surface area contributed by atoms with Gasteiger partial charge < -0.3 is 11.1 Å². The van der Waals surface area contributed by atoms with Crippen molar-refractivity contribution in [1.29, 1.82) is 0 Å². The molecule has 19 heavy (non-hydrogen) atoms. The topological polar surface area (TPSA) is 76.7 Å². The first-order chi connectivity index (χ1) is 9.11. The molecule has 2 aromatic rings. The first-order valence-electron chi connectivity index (χ1n) is 6.62. The van der Waals surface area contributed by atoms with Crippen molar-refractivity contribution in [3.05, 3.63) is 24.5 Å². The van der Waals surface area contributed by atoms with Gasteiger partial charge in [0.25, 0.3) is 0 Å². The molecule has 2 heterocycles. The standard InChI is InChI=1S/C14H21N5/c1-14(2,6-3-7-15)10-18-12-5-4-11-13(19-12)17-9-8-16-11/h4-5,8-9H,3,6-7,10,15H2,1-2H3,(H,17,18,19). The van der Waals surface area contributed by atoms with Crippen molar-refractivity contribution in [2.24, 2.45) is 11.1 Å². The maximum atomic E-state index is 5.56. The van der Waals surface area contributed by atoms with Gasteiger partial charge >= 0.3 is 0 Å². The number of nitrogens with zero attached hydrogens (tertiary/aromatic N) is 3. The lowest BCUT2D eigenvalue weighted by Crippen LogP contribution is -2.24. The zero-order valence-electron chi connectivity index (χ0n) is 11.6. The van der Waals surface area contributed by atoms with E-state index in [0.717, 1.165) is 37.3 Å². The third-order valence-electron chi connectivity index (χ3n) is 3.14. The predicted octanol–water partition coefficient (Wildman–Crippen LogP) is 2.20. The Morgan fingerprint density at radius 2 is 2.00 bits per heavy atom. The Morgan fingerprint density at radius 3 is 2.79 bits per heavy atom. The quantitative estimate of drug-likeness (QED) is 0.831. The van der Waals surface area contributed by atoms with E-state index >= 15 is 0 Å². The molecular weight excluding hydrogens is 238 g/mol. The van der Waals surface area contributed by atoms with E-state index in [1.807, 2.05) is 12.1 Å². The molecule has 0 fully saturated rings. The van der Waals surface area contributed by atoms with Gasteiger partial charge in [-0.05, 0) is 36.9 Å². The van der Waals surface area contributed by atoms with Gasteiger partial charge in [0.05, 0.1) is 0 Å². The van der Waals surface area contributed by atoms with E-state index in [1.54, 1.807) is 12.4 Å². The van der Waals surface area contributed by atoms with Crippen LogP contribution in [0.2, 0.25) is 0 Å². The van der Waals surface area contributed by atoms with Gasteiger partial charge in [0.2, 0.25) is 0 Å². The molecule has 0 amide bonds. The predicted molar refractivity (Wildman–Crippen MR) is 77.9 cm³/mol. The summed E-state index contributed by atoms with van der Waals surface area (Å²) < 4.78 is 0. The van der Waals surface area contributed by atoms with Crippen molar-refractivity contribution >= 4 is 17.0 Å². The second-order valence-electron chi connectivity index (χ2n) is 5.51. The molecule has 5 nitrogen and oxygen atoms in total. The molecule has 0 aromatic carbocycles. The SMILES string of the molecule is CC(C)(CCCN)CNc1ccc2nccnc2n1. The van der Waals surface area contributed by atoms with Crippen LogP contribution in [0.4, 0.5) is 5.82 Å². The van der Waals surface area contributed by atoms with Crippen molar-refractivity contribution < 1.29 is 0 Å². The molecule has 102 valence electrons. The van der Waals surface area contributed by atoms with Crippen molar-refractivity contribution in [3.8, 4) is 0 Å². The second kappa shape index (κ2) is 5.93. The van der Waals surface area contributed by atoms with E-state index in [4.69, 9.17) is 5.73 Å². The Kier molecular flexibility index (Phi) is 4.27. The summed E-state index contributed by atoms with van der Waals surface area (Å²) in [6.07, 6.45) is 5.48. The Balaban J connectivity index is 2.01. The number of aromatic nitrogens is 3. The summed E-state index contributed by atoms with van der Waals surface area (Å²) in [5, 5.41) is 3.37. The largest absolute Gasteiger partial charge is 0.369 e. The van der Waals surface area contributed by atoms with E-state index in [-0.39, 0.29) is 5.41 Å². The van der Waals surface area contributed by atoms with Crippen LogP contribution >= 0.6 is 0 Å². The highest BCUT2D eigenvalue weighted by atomic mass is 15.0. The zero-order chi connectivity index (χ0) is 13.7. The molecule has 0 spiro atoms. The molecule has 0 saturated carbocycles. The zero-order valence-corrected chi connectivity index (χ0v) is 11.6. The molecule has 0 bridgehead atoms. The minimum atomic E-state index is 0.207. The van der Waals surface area contributed by atoms with Crippen LogP contribution in [0.1, 0.15) is 26.7 Å². The highest BCUT2D eigenvalue weighted by Gasteiger charge is 2.17. The van der Waals surface area contributed by atoms with Gasteiger partial charge in [0.1, 0.15) is 11.3 Å². The van der Waals surface area contributed by atoms with Crippen LogP contribution in [0.15, 0.2) is 24.5 Å². The Hall–Kier alpha value is -1.75. The molecule has 0 atom stereocenters. The number of anilines is 1. The first-order valence-corrected chi connectivity index (χ1v) is 6.62. The highest BCUT2D eigenvalue weighted by molar-refractivity contribution is 5.71. The van der Waals surface area contributed by atoms with Crippen molar-refractivity contribution in [2.45, 2.75) is 26.7 Å². The van der Waals surface area contributed by atoms with Gasteiger partial charge in [-0.15, -0.1) is 0 Å². The van der Waals surface area contributed by atoms with Crippen LogP contribution in [-0.4, -0.2) is 28.0 Å². The number of hydrogen-bond acceptors (Lipinski definition) is 5. The molecule has 0 saturated heterocycles. The minimum Gasteiger partial charge on any atom is -0.369 e. The summed E-state index contributed by atoms with van der Waals surface area (Å²) in [7, 11) is 0. The van der Waals surface area contributed by atoms with Crippen LogP contribution in [0.5, 0.6) is 0 Å². The fourth-order valence-corrected chi connectivity index (χ4v) is 1.95. The fraction of sp³-hybridized carbons (Fsp3) is 0.500. The molecule has 5 heteroatoms. The molecule has 0 unspecified atom stereocenters. The highest BCUT2D eigenvalue weighted by Crippen LogP contribution is 2.22. The fourth-order valence-electron chi connectivity index (χ4n) is 1.95. The Bertz CT molecular complexity index is 538. The molecule has 2 rings (SSSR count). The lowest BCUT2D eigenvalue weighted by atomic mass is 9.88. The summed E-state index contributed by atoms with van der Waals surface area (Å²) >= 11 is 0. The van der Waals surface area contributed by atoms with Crippen LogP contribution in [0.25, 0.3) is 11.2 Å². The van der Waals surface area contributed by atoms with Crippen molar-refractivity contribution in [3.63, 3.8) is 0 Å². The van der Waals surface area contributed by atoms with E-state index in [0.29, 0.717) is 5.65 Å². The summed E-state index contributed by atoms with van der Waals surface area (Å²) in [6, 6.07) is 3.88. The summed E-state index contributed by atoms with van der Waals surface area (Å²) in [4.78, 5) is 12.9. The summed E-state index contributed by atoms with van der Waals surface area (Å²) in [5.41, 5.74) is 7.25. The van der Waals surface area contributed by atoms with E-state index < -0.39 is 0 Å². The molecule has 2 aromatic heterocycles. The lowest BCUT2D eigenvalue weighted by molar-refractivity contribution is 0.350. The Morgan fingerprint density at radius 1 is 1.21 bits per heavy atom. The number of hydrogen-bond donors (Lipinski definition) is 2. The molecule has 0 aliphatic rings. The molecule has 0 aliphatic carbocycles. The molecule has 0 aliphatic heterocycles. The lowest BCUT2D eigenvalue weighted by Gasteiger charge is -2.25. The Labute approximate surface area is 113 Å². The van der Waals surface area contributed by atoms with Crippen LogP contribution < -0.4 is 11.1 Å². The van der Waals surface area contributed by atoms with Crippen LogP contribution in [0, 0.1) is 5.41 Å². The minimum absolute atomic E-state index is 0.207. The molecule has 3 N–H and O–H groups in total. The number of rotatable bonds is 6.